The van der Waals surface area contributed by atoms with Crippen molar-refractivity contribution >= 4 is 0 Å². The quantitative estimate of drug-likeness (QED) is 0.0587. The molecule has 2 unspecified atom stereocenters. The molecular formula is C45H64O3. The highest BCUT2D eigenvalue weighted by Crippen LogP contribution is 2.61. The molecule has 3 heteroatoms. The normalized spacial score (nSPS) is 15.6. The van der Waals surface area contributed by atoms with Crippen molar-refractivity contribution in [3.63, 3.8) is 0 Å². The van der Waals surface area contributed by atoms with Gasteiger partial charge in [-0.1, -0.05) is 166 Å². The van der Waals surface area contributed by atoms with E-state index in [1.165, 1.54) is 149 Å². The molecule has 2 bridgehead atoms. The fraction of sp³-hybridized carbons (Fsp3) is 0.600. The van der Waals surface area contributed by atoms with Gasteiger partial charge in [-0.05, 0) is 47.7 Å². The molecule has 3 aromatic carbocycles. The summed E-state index contributed by atoms with van der Waals surface area (Å²) in [6.45, 7) is 6.14. The minimum atomic E-state index is 0.0796. The Kier molecular flexibility index (Phi) is 15.1. The first-order chi connectivity index (χ1) is 23.8. The maximum atomic E-state index is 6.63. The number of hydrogen-bond acceptors (Lipinski definition) is 3. The van der Waals surface area contributed by atoms with Crippen LogP contribution in [0.3, 0.4) is 0 Å². The van der Waals surface area contributed by atoms with Crippen molar-refractivity contribution in [1.29, 1.82) is 0 Å². The molecule has 3 aliphatic rings. The molecular weight excluding hydrogens is 588 g/mol. The number of rotatable bonds is 25. The van der Waals surface area contributed by atoms with Crippen LogP contribution < -0.4 is 14.2 Å². The Hall–Kier alpha value is -2.94. The lowest BCUT2D eigenvalue weighted by molar-refractivity contribution is 0.295. The van der Waals surface area contributed by atoms with Crippen LogP contribution in [0.2, 0.25) is 0 Å². The number of ether oxygens (including phenoxy) is 3. The highest BCUT2D eigenvalue weighted by atomic mass is 16.5. The Morgan fingerprint density at radius 3 is 1.15 bits per heavy atom. The summed E-state index contributed by atoms with van der Waals surface area (Å²) in [4.78, 5) is 0. The molecule has 3 aromatic rings. The maximum Gasteiger partial charge on any atom is 0.123 e. The Labute approximate surface area is 293 Å². The molecule has 0 heterocycles. The van der Waals surface area contributed by atoms with Crippen molar-refractivity contribution in [2.75, 3.05) is 20.3 Å². The van der Waals surface area contributed by atoms with Crippen molar-refractivity contribution in [3.05, 3.63) is 88.0 Å². The van der Waals surface area contributed by atoms with Crippen LogP contribution in [0.1, 0.15) is 187 Å². The minimum Gasteiger partial charge on any atom is -0.496 e. The molecule has 0 N–H and O–H groups in total. The molecule has 0 spiro atoms. The molecule has 0 fully saturated rings. The van der Waals surface area contributed by atoms with Gasteiger partial charge in [-0.2, -0.15) is 0 Å². The van der Waals surface area contributed by atoms with Crippen molar-refractivity contribution in [2.45, 2.75) is 154 Å². The molecule has 3 aliphatic carbocycles. The molecule has 48 heavy (non-hydrogen) atoms. The van der Waals surface area contributed by atoms with Gasteiger partial charge in [0.2, 0.25) is 0 Å². The summed E-state index contributed by atoms with van der Waals surface area (Å²) >= 11 is 0. The Morgan fingerprint density at radius 1 is 0.396 bits per heavy atom. The first-order valence-corrected chi connectivity index (χ1v) is 20.0. The highest BCUT2D eigenvalue weighted by Gasteiger charge is 2.45. The van der Waals surface area contributed by atoms with E-state index in [4.69, 9.17) is 14.2 Å². The van der Waals surface area contributed by atoms with Crippen LogP contribution in [0.5, 0.6) is 17.2 Å². The first-order valence-electron chi connectivity index (χ1n) is 20.0. The van der Waals surface area contributed by atoms with Crippen molar-refractivity contribution in [1.82, 2.24) is 0 Å². The van der Waals surface area contributed by atoms with Crippen LogP contribution in [0.4, 0.5) is 0 Å². The SMILES string of the molecule is CCCCCCCCCCCCOc1cccc2c1C1c3cccc(OC)c3C2c2c(OCCCCCCCCCCCC)cccc21. The third-order valence-corrected chi connectivity index (χ3v) is 10.8. The summed E-state index contributed by atoms with van der Waals surface area (Å²) in [6.07, 6.45) is 26.7. The zero-order valence-corrected chi connectivity index (χ0v) is 30.6. The topological polar surface area (TPSA) is 27.7 Å². The van der Waals surface area contributed by atoms with Crippen LogP contribution in [0.25, 0.3) is 0 Å². The smallest absolute Gasteiger partial charge is 0.123 e. The second-order valence-electron chi connectivity index (χ2n) is 14.4. The molecule has 0 radical (unpaired) electrons. The lowest BCUT2D eigenvalue weighted by Crippen LogP contribution is -2.29. The summed E-state index contributed by atoms with van der Waals surface area (Å²) in [5.41, 5.74) is 8.03. The van der Waals surface area contributed by atoms with Gasteiger partial charge in [0.15, 0.2) is 0 Å². The van der Waals surface area contributed by atoms with Gasteiger partial charge < -0.3 is 14.2 Å². The van der Waals surface area contributed by atoms with Crippen molar-refractivity contribution < 1.29 is 14.2 Å². The van der Waals surface area contributed by atoms with Crippen LogP contribution in [-0.4, -0.2) is 20.3 Å². The zero-order valence-electron chi connectivity index (χ0n) is 30.6. The highest BCUT2D eigenvalue weighted by molar-refractivity contribution is 5.74. The van der Waals surface area contributed by atoms with E-state index in [0.29, 0.717) is 0 Å². The molecule has 3 nitrogen and oxygen atoms in total. The van der Waals surface area contributed by atoms with Crippen molar-refractivity contribution in [3.8, 4) is 17.2 Å². The van der Waals surface area contributed by atoms with Crippen molar-refractivity contribution in [2.24, 2.45) is 0 Å². The van der Waals surface area contributed by atoms with Gasteiger partial charge in [-0.15, -0.1) is 0 Å². The summed E-state index contributed by atoms with van der Waals surface area (Å²) in [5.74, 6) is 3.26. The molecule has 262 valence electrons. The monoisotopic (exact) mass is 652 g/mol. The fourth-order valence-electron chi connectivity index (χ4n) is 8.27. The molecule has 0 saturated carbocycles. The fourth-order valence-corrected chi connectivity index (χ4v) is 8.27. The van der Waals surface area contributed by atoms with E-state index in [1.807, 2.05) is 0 Å². The Bertz CT molecular complexity index is 1380. The van der Waals surface area contributed by atoms with Gasteiger partial charge in [0.1, 0.15) is 17.2 Å². The van der Waals surface area contributed by atoms with Gasteiger partial charge >= 0.3 is 0 Å². The Morgan fingerprint density at radius 2 is 0.729 bits per heavy atom. The van der Waals surface area contributed by atoms with Gasteiger partial charge in [-0.3, -0.25) is 0 Å². The molecule has 0 saturated heterocycles. The van der Waals surface area contributed by atoms with E-state index in [2.05, 4.69) is 68.4 Å². The van der Waals surface area contributed by atoms with E-state index in [-0.39, 0.29) is 11.8 Å². The largest absolute Gasteiger partial charge is 0.496 e. The third-order valence-electron chi connectivity index (χ3n) is 10.8. The molecule has 0 aliphatic heterocycles. The number of benzene rings is 3. The van der Waals surface area contributed by atoms with Gasteiger partial charge in [0, 0.05) is 28.5 Å². The summed E-state index contributed by atoms with van der Waals surface area (Å²) in [7, 11) is 1.80. The second-order valence-corrected chi connectivity index (χ2v) is 14.4. The average Bonchev–Trinajstić information content (AvgIpc) is 3.12. The number of methoxy groups -OCH3 is 1. The Balaban J connectivity index is 1.21. The van der Waals surface area contributed by atoms with Gasteiger partial charge in [0.05, 0.1) is 20.3 Å². The maximum absolute atomic E-state index is 6.63. The van der Waals surface area contributed by atoms with Gasteiger partial charge in [-0.25, -0.2) is 0 Å². The first kappa shape index (κ1) is 36.3. The lowest BCUT2D eigenvalue weighted by atomic mass is 9.60. The van der Waals surface area contributed by atoms with E-state index in [1.54, 1.807) is 7.11 Å². The third kappa shape index (κ3) is 9.19. The lowest BCUT2D eigenvalue weighted by Gasteiger charge is -2.43. The molecule has 0 aromatic heterocycles. The summed E-state index contributed by atoms with van der Waals surface area (Å²) < 4.78 is 19.3. The number of hydrogen-bond donors (Lipinski definition) is 0. The van der Waals surface area contributed by atoms with E-state index in [0.717, 1.165) is 43.3 Å². The van der Waals surface area contributed by atoms with Crippen LogP contribution in [0.15, 0.2) is 54.6 Å². The van der Waals surface area contributed by atoms with E-state index in [9.17, 15) is 0 Å². The summed E-state index contributed by atoms with van der Waals surface area (Å²) in [5, 5.41) is 0. The van der Waals surface area contributed by atoms with Crippen LogP contribution in [0, 0.1) is 0 Å². The molecule has 6 rings (SSSR count). The standard InChI is InChI=1S/C45H64O3/c1-4-6-8-10-12-14-16-18-20-22-33-47-39-31-26-29-37-43(39)41-35-27-24-30-38(46-3)42(35)45(37)44-36(41)28-25-32-40(44)48-34-23-21-19-17-15-13-11-9-7-5-2/h24-32,41,45H,4-23,33-34H2,1-3H3. The minimum absolute atomic E-state index is 0.0796. The van der Waals surface area contributed by atoms with E-state index < -0.39 is 0 Å². The summed E-state index contributed by atoms with van der Waals surface area (Å²) in [6, 6.07) is 20.0. The molecule has 0 amide bonds. The number of unbranched alkanes of at least 4 members (excludes halogenated alkanes) is 18. The van der Waals surface area contributed by atoms with E-state index >= 15 is 0 Å². The van der Waals surface area contributed by atoms with Gasteiger partial charge in [0.25, 0.3) is 0 Å². The predicted octanol–water partition coefficient (Wildman–Crippen LogP) is 13.3. The zero-order chi connectivity index (χ0) is 33.4. The van der Waals surface area contributed by atoms with Crippen LogP contribution >= 0.6 is 0 Å². The van der Waals surface area contributed by atoms with Crippen LogP contribution in [-0.2, 0) is 0 Å². The average molecular weight is 653 g/mol. The molecule has 2 atom stereocenters. The predicted molar refractivity (Wildman–Crippen MR) is 202 cm³/mol. The second kappa shape index (κ2) is 19.9.